The number of piperidine rings is 1. The first kappa shape index (κ1) is 62.8. The van der Waals surface area contributed by atoms with Crippen LogP contribution in [0.3, 0.4) is 0 Å². The van der Waals surface area contributed by atoms with E-state index in [1.807, 2.05) is 0 Å². The van der Waals surface area contributed by atoms with E-state index in [9.17, 15) is 9.59 Å². The molecule has 1 fully saturated rings. The highest BCUT2D eigenvalue weighted by Gasteiger charge is 2.25. The van der Waals surface area contributed by atoms with E-state index < -0.39 is 0 Å². The summed E-state index contributed by atoms with van der Waals surface area (Å²) in [7, 11) is 0. The van der Waals surface area contributed by atoms with Crippen LogP contribution >= 0.6 is 0 Å². The quantitative estimate of drug-likeness (QED) is 0.0447. The highest BCUT2D eigenvalue weighted by molar-refractivity contribution is 5.78. The fourth-order valence-electron chi connectivity index (χ4n) is 10.2. The minimum atomic E-state index is -0.0194. The highest BCUT2D eigenvalue weighted by Crippen LogP contribution is 2.25. The molecule has 392 valence electrons. The second-order valence-electron chi connectivity index (χ2n) is 21.4. The second kappa shape index (κ2) is 47.5. The molecule has 7 heteroatoms. The minimum absolute atomic E-state index is 0.0194. The van der Waals surface area contributed by atoms with Crippen molar-refractivity contribution in [2.24, 2.45) is 11.8 Å². The molecule has 0 aliphatic carbocycles. The van der Waals surface area contributed by atoms with Gasteiger partial charge < -0.3 is 19.4 Å². The molecule has 1 saturated heterocycles. The van der Waals surface area contributed by atoms with Gasteiger partial charge in [-0.05, 0) is 95.8 Å². The molecule has 1 rings (SSSR count). The zero-order valence-corrected chi connectivity index (χ0v) is 45.8. The molecule has 1 aliphatic heterocycles. The lowest BCUT2D eigenvalue weighted by Gasteiger charge is -2.35. The van der Waals surface area contributed by atoms with Crippen LogP contribution in [0.2, 0.25) is 0 Å². The van der Waals surface area contributed by atoms with Gasteiger partial charge in [0.05, 0.1) is 13.2 Å². The molecule has 7 nitrogen and oxygen atoms in total. The van der Waals surface area contributed by atoms with Crippen LogP contribution in [-0.2, 0) is 14.3 Å². The number of esters is 1. The summed E-state index contributed by atoms with van der Waals surface area (Å²) in [6.07, 6.45) is 47.3. The first-order valence-electron chi connectivity index (χ1n) is 30.0. The van der Waals surface area contributed by atoms with Gasteiger partial charge in [-0.3, -0.25) is 14.5 Å². The predicted octanol–water partition coefficient (Wildman–Crippen LogP) is 16.1. The van der Waals surface area contributed by atoms with E-state index >= 15 is 0 Å². The third-order valence-corrected chi connectivity index (χ3v) is 14.9. The zero-order valence-electron chi connectivity index (χ0n) is 45.8. The average Bonchev–Trinajstić information content (AvgIpc) is 3.32. The van der Waals surface area contributed by atoms with Gasteiger partial charge in [0.25, 0.3) is 0 Å². The van der Waals surface area contributed by atoms with Crippen molar-refractivity contribution < 1.29 is 14.3 Å². The van der Waals surface area contributed by atoms with Gasteiger partial charge in [-0.1, -0.05) is 215 Å². The Kier molecular flexibility index (Phi) is 45.2. The fourth-order valence-corrected chi connectivity index (χ4v) is 10.2. The SMILES string of the molecule is CCCCCCCCCN(CCCCCCCCC)CCN(CCCCCCCCC)CC(=O)N1CCC(CCC(C)CN(CCCCCCCCC)CCCOC(=O)CCCCC)CC1. The van der Waals surface area contributed by atoms with Gasteiger partial charge in [0.1, 0.15) is 0 Å². The van der Waals surface area contributed by atoms with E-state index in [2.05, 4.69) is 61.1 Å². The third-order valence-electron chi connectivity index (χ3n) is 14.9. The van der Waals surface area contributed by atoms with Crippen molar-refractivity contribution in [2.45, 2.75) is 279 Å². The average molecular weight is 932 g/mol. The van der Waals surface area contributed by atoms with Gasteiger partial charge in [0, 0.05) is 45.7 Å². The lowest BCUT2D eigenvalue weighted by Crippen LogP contribution is -2.46. The summed E-state index contributed by atoms with van der Waals surface area (Å²) >= 11 is 0. The van der Waals surface area contributed by atoms with Crippen molar-refractivity contribution in [1.82, 2.24) is 19.6 Å². The number of amides is 1. The summed E-state index contributed by atoms with van der Waals surface area (Å²) in [5.74, 6) is 1.75. The van der Waals surface area contributed by atoms with E-state index in [-0.39, 0.29) is 5.97 Å². The molecular weight excluding hydrogens is 813 g/mol. The molecule has 1 heterocycles. The molecule has 0 bridgehead atoms. The minimum Gasteiger partial charge on any atom is -0.466 e. The van der Waals surface area contributed by atoms with Crippen LogP contribution in [0.15, 0.2) is 0 Å². The number of likely N-dealkylation sites (tertiary alicyclic amines) is 1. The molecule has 1 aliphatic rings. The van der Waals surface area contributed by atoms with Gasteiger partial charge in [-0.2, -0.15) is 0 Å². The van der Waals surface area contributed by atoms with Crippen LogP contribution in [-0.4, -0.2) is 110 Å². The molecule has 0 spiro atoms. The second-order valence-corrected chi connectivity index (χ2v) is 21.4. The Morgan fingerprint density at radius 1 is 0.470 bits per heavy atom. The number of ether oxygens (including phenoxy) is 1. The molecule has 1 atom stereocenters. The Bertz CT molecular complexity index is 1020. The highest BCUT2D eigenvalue weighted by atomic mass is 16.5. The number of unbranched alkanes of at least 4 members (excludes halogenated alkanes) is 26. The van der Waals surface area contributed by atoms with E-state index in [1.165, 1.54) is 206 Å². The molecule has 0 saturated carbocycles. The Morgan fingerprint density at radius 3 is 1.32 bits per heavy atom. The van der Waals surface area contributed by atoms with Crippen molar-refractivity contribution in [3.63, 3.8) is 0 Å². The zero-order chi connectivity index (χ0) is 48.0. The Hall–Kier alpha value is -1.18. The molecule has 0 aromatic heterocycles. The maximum absolute atomic E-state index is 14.0. The smallest absolute Gasteiger partial charge is 0.305 e. The molecule has 0 aromatic carbocycles. The van der Waals surface area contributed by atoms with E-state index in [0.717, 1.165) is 96.8 Å². The summed E-state index contributed by atoms with van der Waals surface area (Å²) in [5.41, 5.74) is 0. The molecule has 0 aromatic rings. The summed E-state index contributed by atoms with van der Waals surface area (Å²) in [5, 5.41) is 0. The van der Waals surface area contributed by atoms with Crippen molar-refractivity contribution in [2.75, 3.05) is 78.6 Å². The summed E-state index contributed by atoms with van der Waals surface area (Å²) in [6.45, 7) is 25.9. The molecule has 0 radical (unpaired) electrons. The van der Waals surface area contributed by atoms with Crippen LogP contribution in [0.4, 0.5) is 0 Å². The molecule has 0 N–H and O–H groups in total. The summed E-state index contributed by atoms with van der Waals surface area (Å²) in [6, 6.07) is 0. The van der Waals surface area contributed by atoms with Crippen molar-refractivity contribution in [3.05, 3.63) is 0 Å². The monoisotopic (exact) mass is 931 g/mol. The molecule has 66 heavy (non-hydrogen) atoms. The molecular formula is C59H118N4O3. The van der Waals surface area contributed by atoms with Crippen LogP contribution < -0.4 is 0 Å². The van der Waals surface area contributed by atoms with E-state index in [0.29, 0.717) is 31.4 Å². The van der Waals surface area contributed by atoms with E-state index in [1.54, 1.807) is 0 Å². The lowest BCUT2D eigenvalue weighted by atomic mass is 9.89. The summed E-state index contributed by atoms with van der Waals surface area (Å²) in [4.78, 5) is 36.4. The number of nitrogens with zero attached hydrogens (tertiary/aromatic N) is 4. The maximum Gasteiger partial charge on any atom is 0.305 e. The Labute approximate surface area is 413 Å². The predicted molar refractivity (Wildman–Crippen MR) is 289 cm³/mol. The number of rotatable bonds is 50. The van der Waals surface area contributed by atoms with Crippen molar-refractivity contribution in [1.29, 1.82) is 0 Å². The van der Waals surface area contributed by atoms with Crippen molar-refractivity contribution >= 4 is 11.9 Å². The van der Waals surface area contributed by atoms with Crippen LogP contribution in [0, 0.1) is 11.8 Å². The first-order valence-corrected chi connectivity index (χ1v) is 30.0. The van der Waals surface area contributed by atoms with Gasteiger partial charge in [0.2, 0.25) is 5.91 Å². The van der Waals surface area contributed by atoms with E-state index in [4.69, 9.17) is 4.74 Å². The van der Waals surface area contributed by atoms with Gasteiger partial charge >= 0.3 is 5.97 Å². The van der Waals surface area contributed by atoms with Gasteiger partial charge in [-0.15, -0.1) is 0 Å². The largest absolute Gasteiger partial charge is 0.466 e. The third kappa shape index (κ3) is 38.6. The number of carbonyl (C=O) groups is 2. The normalized spacial score (nSPS) is 14.0. The number of hydrogen-bond acceptors (Lipinski definition) is 6. The maximum atomic E-state index is 14.0. The number of hydrogen-bond donors (Lipinski definition) is 0. The first-order chi connectivity index (χ1) is 32.4. The van der Waals surface area contributed by atoms with Crippen LogP contribution in [0.25, 0.3) is 0 Å². The molecule has 1 unspecified atom stereocenters. The molecule has 1 amide bonds. The standard InChI is InChI=1S/C59H118N4O3/c1-7-12-17-21-25-29-34-44-60(45-35-30-26-22-18-13-8-2)51-52-62(47-37-32-28-24-20-15-10-4)55-58(64)63-49-42-57(43-50-63)41-40-56(6)54-61(46-36-31-27-23-19-14-9-3)48-38-53-66-59(65)39-33-16-11-5/h56-57H,7-55H2,1-6H3. The summed E-state index contributed by atoms with van der Waals surface area (Å²) < 4.78 is 5.61. The van der Waals surface area contributed by atoms with Crippen LogP contribution in [0.5, 0.6) is 0 Å². The fraction of sp³-hybridized carbons (Fsp3) is 0.966. The van der Waals surface area contributed by atoms with Crippen LogP contribution in [0.1, 0.15) is 279 Å². The Morgan fingerprint density at radius 2 is 0.848 bits per heavy atom. The lowest BCUT2D eigenvalue weighted by molar-refractivity contribution is -0.144. The Balaban J connectivity index is 2.70. The van der Waals surface area contributed by atoms with Gasteiger partial charge in [-0.25, -0.2) is 0 Å². The van der Waals surface area contributed by atoms with Gasteiger partial charge in [0.15, 0.2) is 0 Å². The van der Waals surface area contributed by atoms with Crippen molar-refractivity contribution in [3.8, 4) is 0 Å². The topological polar surface area (TPSA) is 56.3 Å². The number of carbonyl (C=O) groups excluding carboxylic acids is 2.